The highest BCUT2D eigenvalue weighted by Gasteiger charge is 2.11. The SMILES string of the molecule is CCOc1nc(NCc2ccc(F)cc2)nc2ccc(Cl)nc12. The molecule has 118 valence electrons. The summed E-state index contributed by atoms with van der Waals surface area (Å²) in [6.07, 6.45) is 0. The molecule has 2 aromatic heterocycles. The molecule has 3 aromatic rings. The van der Waals surface area contributed by atoms with E-state index in [1.54, 1.807) is 24.3 Å². The first-order valence-electron chi connectivity index (χ1n) is 7.11. The van der Waals surface area contributed by atoms with Crippen LogP contribution in [0.1, 0.15) is 12.5 Å². The molecule has 0 aliphatic heterocycles. The molecular formula is C16H14ClFN4O. The fourth-order valence-electron chi connectivity index (χ4n) is 2.06. The van der Waals surface area contributed by atoms with E-state index in [9.17, 15) is 4.39 Å². The third-order valence-corrected chi connectivity index (χ3v) is 3.33. The van der Waals surface area contributed by atoms with Crippen LogP contribution in [0.3, 0.4) is 0 Å². The number of ether oxygens (including phenoxy) is 1. The van der Waals surface area contributed by atoms with Crippen LogP contribution < -0.4 is 10.1 Å². The summed E-state index contributed by atoms with van der Waals surface area (Å²) in [5, 5.41) is 3.46. The van der Waals surface area contributed by atoms with E-state index >= 15 is 0 Å². The maximum absolute atomic E-state index is 12.9. The molecule has 1 N–H and O–H groups in total. The van der Waals surface area contributed by atoms with Crippen LogP contribution >= 0.6 is 11.6 Å². The molecular weight excluding hydrogens is 319 g/mol. The minimum Gasteiger partial charge on any atom is -0.476 e. The monoisotopic (exact) mass is 332 g/mol. The van der Waals surface area contributed by atoms with Crippen molar-refractivity contribution in [2.75, 3.05) is 11.9 Å². The van der Waals surface area contributed by atoms with Gasteiger partial charge in [-0.15, -0.1) is 0 Å². The van der Waals surface area contributed by atoms with E-state index in [0.717, 1.165) is 5.56 Å². The van der Waals surface area contributed by atoms with Gasteiger partial charge in [-0.05, 0) is 36.8 Å². The van der Waals surface area contributed by atoms with Gasteiger partial charge in [0.05, 0.1) is 12.1 Å². The lowest BCUT2D eigenvalue weighted by molar-refractivity contribution is 0.330. The van der Waals surface area contributed by atoms with E-state index in [-0.39, 0.29) is 5.82 Å². The van der Waals surface area contributed by atoms with Gasteiger partial charge in [0.1, 0.15) is 11.0 Å². The number of hydrogen-bond donors (Lipinski definition) is 1. The predicted octanol–water partition coefficient (Wildman–Crippen LogP) is 3.83. The van der Waals surface area contributed by atoms with Gasteiger partial charge in [-0.1, -0.05) is 23.7 Å². The van der Waals surface area contributed by atoms with Gasteiger partial charge in [0.25, 0.3) is 0 Å². The Kier molecular flexibility index (Phi) is 4.52. The molecule has 7 heteroatoms. The molecule has 0 spiro atoms. The van der Waals surface area contributed by atoms with Crippen LogP contribution in [-0.4, -0.2) is 21.6 Å². The van der Waals surface area contributed by atoms with E-state index in [1.165, 1.54) is 12.1 Å². The Morgan fingerprint density at radius 1 is 1.09 bits per heavy atom. The average molecular weight is 333 g/mol. The topological polar surface area (TPSA) is 59.9 Å². The lowest BCUT2D eigenvalue weighted by atomic mass is 10.2. The molecule has 0 fully saturated rings. The van der Waals surface area contributed by atoms with Gasteiger partial charge in [-0.2, -0.15) is 4.98 Å². The zero-order valence-corrected chi connectivity index (χ0v) is 13.1. The Hall–Kier alpha value is -2.47. The minimum absolute atomic E-state index is 0.266. The van der Waals surface area contributed by atoms with Gasteiger partial charge < -0.3 is 10.1 Å². The molecule has 0 radical (unpaired) electrons. The lowest BCUT2D eigenvalue weighted by Crippen LogP contribution is -2.06. The number of anilines is 1. The number of nitrogens with one attached hydrogen (secondary N) is 1. The number of rotatable bonds is 5. The van der Waals surface area contributed by atoms with Crippen LogP contribution in [-0.2, 0) is 6.54 Å². The van der Waals surface area contributed by atoms with Crippen molar-refractivity contribution in [3.05, 3.63) is 52.9 Å². The standard InChI is InChI=1S/C16H14ClFN4O/c1-2-23-15-14-12(7-8-13(17)21-14)20-16(22-15)19-9-10-3-5-11(18)6-4-10/h3-8H,2,9H2,1H3,(H,19,20,22). The Morgan fingerprint density at radius 2 is 1.87 bits per heavy atom. The van der Waals surface area contributed by atoms with Crippen molar-refractivity contribution >= 4 is 28.6 Å². The maximum atomic E-state index is 12.9. The number of halogens is 2. The molecule has 0 aliphatic carbocycles. The van der Waals surface area contributed by atoms with Crippen molar-refractivity contribution in [3.8, 4) is 5.88 Å². The third-order valence-electron chi connectivity index (χ3n) is 3.12. The Morgan fingerprint density at radius 3 is 2.61 bits per heavy atom. The highest BCUT2D eigenvalue weighted by atomic mass is 35.5. The second-order valence-corrected chi connectivity index (χ2v) is 5.15. The summed E-state index contributed by atoms with van der Waals surface area (Å²) in [4.78, 5) is 12.9. The molecule has 23 heavy (non-hydrogen) atoms. The van der Waals surface area contributed by atoms with Crippen LogP contribution in [0.2, 0.25) is 5.15 Å². The molecule has 1 aromatic carbocycles. The number of aromatic nitrogens is 3. The molecule has 0 amide bonds. The van der Waals surface area contributed by atoms with Crippen LogP contribution in [0.25, 0.3) is 11.0 Å². The van der Waals surface area contributed by atoms with E-state index in [2.05, 4.69) is 20.3 Å². The van der Waals surface area contributed by atoms with Crippen molar-refractivity contribution in [2.45, 2.75) is 13.5 Å². The Balaban J connectivity index is 1.88. The first-order valence-corrected chi connectivity index (χ1v) is 7.49. The summed E-state index contributed by atoms with van der Waals surface area (Å²) < 4.78 is 18.4. The fourth-order valence-corrected chi connectivity index (χ4v) is 2.21. The number of pyridine rings is 1. The molecule has 3 rings (SSSR count). The molecule has 0 aliphatic rings. The summed E-state index contributed by atoms with van der Waals surface area (Å²) in [6.45, 7) is 2.79. The third kappa shape index (κ3) is 3.65. The lowest BCUT2D eigenvalue weighted by Gasteiger charge is -2.10. The zero-order chi connectivity index (χ0) is 16.2. The summed E-state index contributed by atoms with van der Waals surface area (Å²) in [5.41, 5.74) is 2.07. The summed E-state index contributed by atoms with van der Waals surface area (Å²) in [6, 6.07) is 9.66. The zero-order valence-electron chi connectivity index (χ0n) is 12.4. The molecule has 0 saturated carbocycles. The molecule has 0 bridgehead atoms. The van der Waals surface area contributed by atoms with E-state index in [1.807, 2.05) is 6.92 Å². The summed E-state index contributed by atoms with van der Waals surface area (Å²) >= 11 is 5.92. The summed E-state index contributed by atoms with van der Waals surface area (Å²) in [7, 11) is 0. The number of fused-ring (bicyclic) bond motifs is 1. The second-order valence-electron chi connectivity index (χ2n) is 4.77. The van der Waals surface area contributed by atoms with Crippen molar-refractivity contribution in [2.24, 2.45) is 0 Å². The highest BCUT2D eigenvalue weighted by Crippen LogP contribution is 2.24. The Labute approximate surface area is 137 Å². The normalized spacial score (nSPS) is 10.7. The van der Waals surface area contributed by atoms with Crippen LogP contribution in [0, 0.1) is 5.82 Å². The molecule has 5 nitrogen and oxygen atoms in total. The maximum Gasteiger partial charge on any atom is 0.245 e. The van der Waals surface area contributed by atoms with Crippen LogP contribution in [0.5, 0.6) is 5.88 Å². The smallest absolute Gasteiger partial charge is 0.245 e. The minimum atomic E-state index is -0.266. The predicted molar refractivity (Wildman–Crippen MR) is 87.2 cm³/mol. The molecule has 0 unspecified atom stereocenters. The highest BCUT2D eigenvalue weighted by molar-refractivity contribution is 6.29. The van der Waals surface area contributed by atoms with E-state index in [0.29, 0.717) is 41.2 Å². The van der Waals surface area contributed by atoms with Gasteiger partial charge >= 0.3 is 0 Å². The average Bonchev–Trinajstić information content (AvgIpc) is 2.55. The molecule has 2 heterocycles. The molecule has 0 saturated heterocycles. The van der Waals surface area contributed by atoms with E-state index in [4.69, 9.17) is 16.3 Å². The van der Waals surface area contributed by atoms with Crippen LogP contribution in [0.4, 0.5) is 10.3 Å². The second kappa shape index (κ2) is 6.75. The van der Waals surface area contributed by atoms with Gasteiger partial charge in [-0.3, -0.25) is 0 Å². The molecule has 0 atom stereocenters. The largest absolute Gasteiger partial charge is 0.476 e. The van der Waals surface area contributed by atoms with Crippen molar-refractivity contribution in [1.29, 1.82) is 0 Å². The van der Waals surface area contributed by atoms with Crippen molar-refractivity contribution in [3.63, 3.8) is 0 Å². The number of nitrogens with zero attached hydrogens (tertiary/aromatic N) is 3. The summed E-state index contributed by atoms with van der Waals surface area (Å²) in [5.74, 6) is 0.522. The quantitative estimate of drug-likeness (QED) is 0.719. The van der Waals surface area contributed by atoms with E-state index < -0.39 is 0 Å². The Bertz CT molecular complexity index is 826. The number of hydrogen-bond acceptors (Lipinski definition) is 5. The fraction of sp³-hybridized carbons (Fsp3) is 0.188. The van der Waals surface area contributed by atoms with Crippen molar-refractivity contribution in [1.82, 2.24) is 15.0 Å². The van der Waals surface area contributed by atoms with Gasteiger partial charge in [-0.25, -0.2) is 14.4 Å². The van der Waals surface area contributed by atoms with Gasteiger partial charge in [0, 0.05) is 6.54 Å². The van der Waals surface area contributed by atoms with Gasteiger partial charge in [0.15, 0.2) is 5.52 Å². The number of benzene rings is 1. The van der Waals surface area contributed by atoms with Gasteiger partial charge in [0.2, 0.25) is 11.8 Å². The van der Waals surface area contributed by atoms with Crippen molar-refractivity contribution < 1.29 is 9.13 Å². The first-order chi connectivity index (χ1) is 11.2. The first kappa shape index (κ1) is 15.4. The van der Waals surface area contributed by atoms with Crippen LogP contribution in [0.15, 0.2) is 36.4 Å².